The molecule has 26 heteroatoms. The molecule has 360 valence electrons. The number of aromatic nitrogens is 8. The Kier molecular flexibility index (Phi) is 17.7. The van der Waals surface area contributed by atoms with E-state index in [2.05, 4.69) is 61.2 Å². The largest absolute Gasteiger partial charge is 0.351 e. The van der Waals surface area contributed by atoms with E-state index in [-0.39, 0.29) is 95.1 Å². The minimum absolute atomic E-state index is 0. The highest BCUT2D eigenvalue weighted by Crippen LogP contribution is 2.39. The maximum atomic E-state index is 13.1. The first-order valence-electron chi connectivity index (χ1n) is 20.4. The van der Waals surface area contributed by atoms with Crippen LogP contribution in [0, 0.1) is 13.8 Å². The number of alkyl halides is 4. The lowest BCUT2D eigenvalue weighted by Crippen LogP contribution is -2.44. The third-order valence-corrected chi connectivity index (χ3v) is 11.0. The first-order chi connectivity index (χ1) is 31.5. The maximum Gasteiger partial charge on any atom is 0.272 e. The highest BCUT2D eigenvalue weighted by Gasteiger charge is 2.46. The minimum Gasteiger partial charge on any atom is -0.351 e. The Balaban J connectivity index is 0.000000247. The fourth-order valence-corrected chi connectivity index (χ4v) is 7.47. The quantitative estimate of drug-likeness (QED) is 0.0285. The number of aryl methyl sites for hydroxylation is 2. The number of amides is 2. The van der Waals surface area contributed by atoms with Gasteiger partial charge in [0.05, 0.1) is 18.6 Å². The Morgan fingerprint density at radius 3 is 1.59 bits per heavy atom. The third-order valence-electron chi connectivity index (χ3n) is 10.5. The number of rotatable bonds is 15. The number of hydrogen-bond donors (Lipinski definition) is 5. The number of carbonyl (C=O) groups excluding carboxylic acids is 2. The number of nitrogens with two attached hydrogens (primary N) is 1. The van der Waals surface area contributed by atoms with Crippen LogP contribution < -0.4 is 27.0 Å². The van der Waals surface area contributed by atoms with E-state index >= 15 is 0 Å². The van der Waals surface area contributed by atoms with E-state index in [0.717, 1.165) is 11.1 Å². The van der Waals surface area contributed by atoms with E-state index in [9.17, 15) is 27.2 Å². The molecule has 0 unspecified atom stereocenters. The summed E-state index contributed by atoms with van der Waals surface area (Å²) in [5.74, 6) is -4.77. The van der Waals surface area contributed by atoms with Crippen molar-refractivity contribution in [2.24, 2.45) is 10.8 Å². The fourth-order valence-electron chi connectivity index (χ4n) is 7.07. The van der Waals surface area contributed by atoms with Crippen molar-refractivity contribution >= 4 is 73.9 Å². The number of nitrogens with zero attached hydrogens (tertiary/aromatic N) is 11. The van der Waals surface area contributed by atoms with Crippen LogP contribution in [0.15, 0.2) is 91.1 Å². The number of carbonyl (C=O) groups is 2. The van der Waals surface area contributed by atoms with Gasteiger partial charge < -0.3 is 27.0 Å². The molecule has 4 heterocycles. The van der Waals surface area contributed by atoms with Crippen molar-refractivity contribution in [2.75, 3.05) is 23.7 Å². The number of hydrogen-bond acceptors (Lipinski definition) is 12. The van der Waals surface area contributed by atoms with Crippen LogP contribution in [0.5, 0.6) is 0 Å². The highest BCUT2D eigenvalue weighted by atomic mass is 35.5. The average Bonchev–Trinajstić information content (AvgIpc) is 3.96. The van der Waals surface area contributed by atoms with Gasteiger partial charge in [0, 0.05) is 95.2 Å². The average molecular weight is 1020 g/mol. The second-order valence-corrected chi connectivity index (χ2v) is 16.6. The van der Waals surface area contributed by atoms with Crippen LogP contribution in [0.3, 0.4) is 0 Å². The molecule has 0 radical (unpaired) electrons. The molecule has 2 aliphatic rings. The first kappa shape index (κ1) is 52.8. The zero-order valence-electron chi connectivity index (χ0n) is 36.2. The summed E-state index contributed by atoms with van der Waals surface area (Å²) in [4.78, 5) is 53.8. The third kappa shape index (κ3) is 13.5. The van der Waals surface area contributed by atoms with Crippen LogP contribution in [-0.4, -0.2) is 87.9 Å². The van der Waals surface area contributed by atoms with Crippen molar-refractivity contribution in [3.8, 4) is 11.6 Å². The van der Waals surface area contributed by atoms with Gasteiger partial charge in [-0.1, -0.05) is 52.6 Å². The summed E-state index contributed by atoms with van der Waals surface area (Å²) in [6, 6.07) is 12.2. The van der Waals surface area contributed by atoms with Gasteiger partial charge in [0.25, 0.3) is 23.7 Å². The van der Waals surface area contributed by atoms with Crippen molar-refractivity contribution in [2.45, 2.75) is 75.5 Å². The summed E-state index contributed by atoms with van der Waals surface area (Å²) in [5, 5.41) is 16.1. The minimum atomic E-state index is -2.65. The van der Waals surface area contributed by atoms with Gasteiger partial charge in [-0.2, -0.15) is 37.0 Å². The van der Waals surface area contributed by atoms with Gasteiger partial charge in [-0.15, -0.1) is 0 Å². The van der Waals surface area contributed by atoms with Crippen LogP contribution in [0.1, 0.15) is 81.0 Å². The lowest BCUT2D eigenvalue weighted by atomic mass is 9.88. The molecule has 2 aromatic carbocycles. The van der Waals surface area contributed by atoms with Crippen molar-refractivity contribution < 1.29 is 27.2 Å². The van der Waals surface area contributed by atoms with Gasteiger partial charge in [0.2, 0.25) is 11.9 Å². The van der Waals surface area contributed by atoms with Gasteiger partial charge in [-0.05, 0) is 54.8 Å². The Morgan fingerprint density at radius 2 is 1.19 bits per heavy atom. The zero-order valence-corrected chi connectivity index (χ0v) is 39.7. The Labute approximate surface area is 410 Å². The summed E-state index contributed by atoms with van der Waals surface area (Å²) in [5.41, 5.74) is 17.7. The summed E-state index contributed by atoms with van der Waals surface area (Å²) < 4.78 is 55.5. The van der Waals surface area contributed by atoms with E-state index in [1.807, 2.05) is 6.07 Å². The smallest absolute Gasteiger partial charge is 0.272 e. The molecule has 0 bridgehead atoms. The van der Waals surface area contributed by atoms with E-state index in [4.69, 9.17) is 34.5 Å². The fraction of sp³-hybridized carbons (Fsp3) is 0.333. The number of benzene rings is 2. The second-order valence-electron chi connectivity index (χ2n) is 15.8. The second kappa shape index (κ2) is 22.8. The predicted octanol–water partition coefficient (Wildman–Crippen LogP) is 8.10. The molecule has 8 rings (SSSR count). The van der Waals surface area contributed by atoms with Crippen molar-refractivity contribution in [3.05, 3.63) is 140 Å². The molecule has 4 aromatic heterocycles. The number of nitrogens with one attached hydrogen (secondary N) is 4. The van der Waals surface area contributed by atoms with Crippen LogP contribution >= 0.6 is 50.2 Å². The Morgan fingerprint density at radius 1 is 0.765 bits per heavy atom. The zero-order chi connectivity index (χ0) is 47.2. The molecule has 68 heavy (non-hydrogen) atoms. The Bertz CT molecular complexity index is 2760. The molecule has 2 aliphatic carbocycles. The molecular weight excluding hydrogens is 972 g/mol. The van der Waals surface area contributed by atoms with Crippen LogP contribution in [0.25, 0.3) is 22.1 Å². The highest BCUT2D eigenvalue weighted by molar-refractivity contribution is 7.59. The summed E-state index contributed by atoms with van der Waals surface area (Å²) in [7, 11) is 0. The summed E-state index contributed by atoms with van der Waals surface area (Å²) in [6.45, 7) is 3.77. The Hall–Kier alpha value is -6.17. The lowest BCUT2D eigenvalue weighted by molar-refractivity contribution is -0.0801. The predicted molar refractivity (Wildman–Crippen MR) is 258 cm³/mol. The SMILES string of the molecule is Cc1cnc(NC2CC(F)(F)C2)nc1-n1cnc(C(=O)N[C@H](CN)c2cccc(Cl)c2)c1.Cc1cnc(NC2CC(F)(F)C2)nc1-n1cnc(C(=O)N[C@H](CN=[N+]=[N-])c2cccc(Cl)c2)c1.S.S. The van der Waals surface area contributed by atoms with Crippen molar-refractivity contribution in [1.82, 2.24) is 49.7 Å². The molecular formula is C42H46Cl2F4N16O2S2. The molecule has 2 saturated carbocycles. The number of halogens is 6. The normalized spacial score (nSPS) is 15.5. The van der Waals surface area contributed by atoms with E-state index in [1.165, 1.54) is 25.0 Å². The lowest BCUT2D eigenvalue weighted by Gasteiger charge is -2.35. The van der Waals surface area contributed by atoms with Gasteiger partial charge >= 0.3 is 0 Å². The molecule has 0 saturated heterocycles. The molecule has 18 nitrogen and oxygen atoms in total. The number of anilines is 2. The van der Waals surface area contributed by atoms with Crippen LogP contribution in [-0.2, 0) is 0 Å². The van der Waals surface area contributed by atoms with Crippen LogP contribution in [0.2, 0.25) is 10.0 Å². The summed E-state index contributed by atoms with van der Waals surface area (Å²) in [6.07, 6.45) is 8.05. The molecule has 2 fully saturated rings. The van der Waals surface area contributed by atoms with E-state index in [0.29, 0.717) is 32.8 Å². The monoisotopic (exact) mass is 1020 g/mol. The number of imidazole rings is 2. The van der Waals surface area contributed by atoms with Gasteiger partial charge in [0.1, 0.15) is 35.7 Å². The molecule has 0 aliphatic heterocycles. The van der Waals surface area contributed by atoms with Crippen molar-refractivity contribution in [3.63, 3.8) is 0 Å². The molecule has 6 N–H and O–H groups in total. The summed E-state index contributed by atoms with van der Waals surface area (Å²) >= 11 is 12.1. The van der Waals surface area contributed by atoms with Gasteiger partial charge in [0.15, 0.2) is 0 Å². The number of azide groups is 1. The molecule has 2 atom stereocenters. The van der Waals surface area contributed by atoms with E-state index < -0.39 is 41.8 Å². The van der Waals surface area contributed by atoms with Gasteiger partial charge in [-0.25, -0.2) is 37.5 Å². The first-order valence-corrected chi connectivity index (χ1v) is 21.1. The maximum absolute atomic E-state index is 13.1. The standard InChI is InChI=1S/C21H20ClF2N9O.C21H22ClF2N7O.2H2S/c1-12-8-26-20(29-15-6-21(23,24)7-15)31-18(12)33-10-17(27-11-33)19(34)30-16(9-28-32-25)13-3-2-4-14(22)5-13;1-12-9-26-20(28-15-6-21(23,24)7-15)30-18(12)31-10-17(27-11-31)19(32)29-16(8-25)13-3-2-4-14(22)5-13;;/h2-5,8,10-11,15-16H,6-7,9H2,1H3,(H,30,34)(H,26,29,31);2-5,9-11,15-16H,6-8,25H2,1H3,(H,29,32)(H,26,28,30);2*1H2/t2*16-;;/m11../s1. The topological polar surface area (TPSA) is 244 Å². The van der Waals surface area contributed by atoms with E-state index in [1.54, 1.807) is 77.8 Å². The van der Waals surface area contributed by atoms with Crippen molar-refractivity contribution in [1.29, 1.82) is 0 Å². The molecule has 6 aromatic rings. The molecule has 0 spiro atoms. The van der Waals surface area contributed by atoms with Crippen LogP contribution in [0.4, 0.5) is 29.5 Å². The van der Waals surface area contributed by atoms with Gasteiger partial charge in [-0.3, -0.25) is 18.7 Å². The molecule has 2 amide bonds.